The average Bonchev–Trinajstić information content (AvgIpc) is 2.63. The number of hydrogen-bond acceptors (Lipinski definition) is 4. The normalized spacial score (nSPS) is 21.0. The van der Waals surface area contributed by atoms with Crippen molar-refractivity contribution in [1.29, 1.82) is 0 Å². The van der Waals surface area contributed by atoms with E-state index in [4.69, 9.17) is 9.47 Å². The summed E-state index contributed by atoms with van der Waals surface area (Å²) >= 11 is 0. The largest absolute Gasteiger partial charge is 0.507 e. The summed E-state index contributed by atoms with van der Waals surface area (Å²) in [7, 11) is 0. The lowest BCUT2D eigenvalue weighted by molar-refractivity contribution is -0.154. The summed E-state index contributed by atoms with van der Waals surface area (Å²) in [5.74, 6) is -0.352. The van der Waals surface area contributed by atoms with Crippen molar-refractivity contribution in [3.05, 3.63) is 40.1 Å². The van der Waals surface area contributed by atoms with E-state index < -0.39 is 11.6 Å². The summed E-state index contributed by atoms with van der Waals surface area (Å²) in [6.45, 7) is 6.92. The fourth-order valence-corrected chi connectivity index (χ4v) is 3.44. The Morgan fingerprint density at radius 2 is 1.67 bits per heavy atom. The van der Waals surface area contributed by atoms with E-state index in [2.05, 4.69) is 0 Å². The number of esters is 1. The summed E-state index contributed by atoms with van der Waals surface area (Å²) in [6.07, 6.45) is 1.02. The maximum Gasteiger partial charge on any atom is 0.343 e. The molecule has 3 rings (SSSR count). The van der Waals surface area contributed by atoms with Crippen LogP contribution in [-0.2, 0) is 14.3 Å². The topological polar surface area (TPSA) is 55.8 Å². The monoisotopic (exact) mass is 288 g/mol. The van der Waals surface area contributed by atoms with Crippen LogP contribution in [0.5, 0.6) is 0 Å². The number of benzene rings is 1. The lowest BCUT2D eigenvalue weighted by Crippen LogP contribution is -2.38. The van der Waals surface area contributed by atoms with Gasteiger partial charge in [0.15, 0.2) is 11.4 Å². The predicted molar refractivity (Wildman–Crippen MR) is 79.1 cm³/mol. The third-order valence-electron chi connectivity index (χ3n) is 4.39. The molecule has 2 aliphatic heterocycles. The molecule has 1 fully saturated rings. The van der Waals surface area contributed by atoms with Crippen molar-refractivity contribution >= 4 is 11.5 Å². The average molecular weight is 288 g/mol. The molecule has 0 aromatic heterocycles. The van der Waals surface area contributed by atoms with E-state index in [1.165, 1.54) is 0 Å². The Morgan fingerprint density at radius 3 is 2.24 bits per heavy atom. The lowest BCUT2D eigenvalue weighted by atomic mass is 9.87. The smallest absolute Gasteiger partial charge is 0.343 e. The van der Waals surface area contributed by atoms with E-state index in [-0.39, 0.29) is 5.76 Å². The fourth-order valence-electron chi connectivity index (χ4n) is 3.44. The van der Waals surface area contributed by atoms with Gasteiger partial charge in [-0.05, 0) is 37.5 Å². The van der Waals surface area contributed by atoms with Crippen molar-refractivity contribution in [1.82, 2.24) is 0 Å². The van der Waals surface area contributed by atoms with Crippen LogP contribution in [-0.4, -0.2) is 29.9 Å². The van der Waals surface area contributed by atoms with Crippen LogP contribution in [0.4, 0.5) is 0 Å². The minimum Gasteiger partial charge on any atom is -0.507 e. The van der Waals surface area contributed by atoms with E-state index in [0.29, 0.717) is 31.6 Å². The quantitative estimate of drug-likeness (QED) is 0.807. The van der Waals surface area contributed by atoms with Gasteiger partial charge in [0.25, 0.3) is 0 Å². The van der Waals surface area contributed by atoms with Gasteiger partial charge in [-0.2, -0.15) is 0 Å². The number of hydrogen-bond donors (Lipinski definition) is 1. The van der Waals surface area contributed by atoms with Gasteiger partial charge in [0, 0.05) is 12.8 Å². The van der Waals surface area contributed by atoms with Gasteiger partial charge in [0.1, 0.15) is 5.57 Å². The van der Waals surface area contributed by atoms with Crippen molar-refractivity contribution < 1.29 is 19.4 Å². The molecule has 1 saturated heterocycles. The van der Waals surface area contributed by atoms with Crippen molar-refractivity contribution in [3.8, 4) is 0 Å². The molecule has 0 saturated carbocycles. The molecule has 4 heteroatoms. The molecule has 21 heavy (non-hydrogen) atoms. The van der Waals surface area contributed by atoms with Gasteiger partial charge < -0.3 is 14.6 Å². The standard InChI is InChI=1S/C17H20O4/c1-10-8-11(2)13(12(3)9-10)14-15(18)17(21-16(14)19)4-6-20-7-5-17/h8-9,18H,4-7H2,1-3H3. The van der Waals surface area contributed by atoms with Crippen LogP contribution < -0.4 is 0 Å². The van der Waals surface area contributed by atoms with Crippen LogP contribution in [0.2, 0.25) is 0 Å². The molecule has 0 aliphatic carbocycles. The zero-order valence-corrected chi connectivity index (χ0v) is 12.7. The first kappa shape index (κ1) is 14.1. The highest BCUT2D eigenvalue weighted by atomic mass is 16.6. The molecule has 2 aliphatic rings. The number of aliphatic hydroxyl groups is 1. The Balaban J connectivity index is 2.15. The van der Waals surface area contributed by atoms with Gasteiger partial charge in [0.05, 0.1) is 13.2 Å². The first-order valence-electron chi connectivity index (χ1n) is 7.28. The molecule has 2 heterocycles. The Morgan fingerprint density at radius 1 is 1.10 bits per heavy atom. The molecule has 0 radical (unpaired) electrons. The predicted octanol–water partition coefficient (Wildman–Crippen LogP) is 2.99. The molecule has 0 unspecified atom stereocenters. The lowest BCUT2D eigenvalue weighted by Gasteiger charge is -2.31. The molecule has 0 atom stereocenters. The number of rotatable bonds is 1. The molecule has 4 nitrogen and oxygen atoms in total. The number of ether oxygens (including phenoxy) is 2. The van der Waals surface area contributed by atoms with Crippen LogP contribution in [0.3, 0.4) is 0 Å². The molecular formula is C17H20O4. The molecule has 1 aromatic rings. The van der Waals surface area contributed by atoms with Gasteiger partial charge in [0.2, 0.25) is 0 Å². The van der Waals surface area contributed by atoms with Crippen molar-refractivity contribution in [3.63, 3.8) is 0 Å². The second kappa shape index (κ2) is 4.88. The minimum absolute atomic E-state index is 0.0749. The number of aryl methyl sites for hydroxylation is 3. The summed E-state index contributed by atoms with van der Waals surface area (Å²) in [6, 6.07) is 4.04. The van der Waals surface area contributed by atoms with E-state index in [9.17, 15) is 9.90 Å². The van der Waals surface area contributed by atoms with Gasteiger partial charge in [-0.3, -0.25) is 0 Å². The fraction of sp³-hybridized carbons (Fsp3) is 0.471. The first-order valence-corrected chi connectivity index (χ1v) is 7.28. The molecule has 1 aromatic carbocycles. The van der Waals surface area contributed by atoms with Gasteiger partial charge >= 0.3 is 5.97 Å². The van der Waals surface area contributed by atoms with Crippen LogP contribution in [0.25, 0.3) is 5.57 Å². The SMILES string of the molecule is Cc1cc(C)c(C2=C(O)C3(CCOCC3)OC2=O)c(C)c1. The Labute approximate surface area is 124 Å². The Bertz CT molecular complexity index is 613. The van der Waals surface area contributed by atoms with Crippen LogP contribution >= 0.6 is 0 Å². The van der Waals surface area contributed by atoms with Crippen molar-refractivity contribution in [2.45, 2.75) is 39.2 Å². The maximum absolute atomic E-state index is 12.4. The highest BCUT2D eigenvalue weighted by Crippen LogP contribution is 2.43. The van der Waals surface area contributed by atoms with Gasteiger partial charge in [-0.1, -0.05) is 17.7 Å². The number of carbonyl (C=O) groups excluding carboxylic acids is 1. The maximum atomic E-state index is 12.4. The molecule has 1 N–H and O–H groups in total. The van der Waals surface area contributed by atoms with E-state index in [1.807, 2.05) is 32.9 Å². The van der Waals surface area contributed by atoms with E-state index in [0.717, 1.165) is 22.3 Å². The summed E-state index contributed by atoms with van der Waals surface area (Å²) in [5, 5.41) is 10.7. The second-order valence-electron chi connectivity index (χ2n) is 5.99. The zero-order valence-electron chi connectivity index (χ0n) is 12.7. The highest BCUT2D eigenvalue weighted by molar-refractivity contribution is 6.20. The molecular weight excluding hydrogens is 268 g/mol. The van der Waals surface area contributed by atoms with Gasteiger partial charge in [-0.15, -0.1) is 0 Å². The first-order chi connectivity index (χ1) is 9.94. The highest BCUT2D eigenvalue weighted by Gasteiger charge is 2.49. The van der Waals surface area contributed by atoms with Gasteiger partial charge in [-0.25, -0.2) is 4.79 Å². The zero-order chi connectivity index (χ0) is 15.2. The third-order valence-corrected chi connectivity index (χ3v) is 4.39. The third kappa shape index (κ3) is 2.14. The Kier molecular flexibility index (Phi) is 3.29. The van der Waals surface area contributed by atoms with Crippen LogP contribution in [0.1, 0.15) is 35.1 Å². The molecule has 112 valence electrons. The number of carbonyl (C=O) groups is 1. The molecule has 0 amide bonds. The van der Waals surface area contributed by atoms with Crippen molar-refractivity contribution in [2.24, 2.45) is 0 Å². The second-order valence-corrected chi connectivity index (χ2v) is 5.99. The molecule has 0 bridgehead atoms. The Hall–Kier alpha value is -1.81. The number of aliphatic hydroxyl groups excluding tert-OH is 1. The van der Waals surface area contributed by atoms with Crippen LogP contribution in [0.15, 0.2) is 17.9 Å². The minimum atomic E-state index is -0.881. The van der Waals surface area contributed by atoms with E-state index in [1.54, 1.807) is 0 Å². The summed E-state index contributed by atoms with van der Waals surface area (Å²) in [4.78, 5) is 12.4. The van der Waals surface area contributed by atoms with Crippen molar-refractivity contribution in [2.75, 3.05) is 13.2 Å². The van der Waals surface area contributed by atoms with E-state index >= 15 is 0 Å². The summed E-state index contributed by atoms with van der Waals surface area (Å²) < 4.78 is 10.9. The van der Waals surface area contributed by atoms with Crippen LogP contribution in [0, 0.1) is 20.8 Å². The molecule has 1 spiro atoms. The summed E-state index contributed by atoms with van der Waals surface area (Å²) in [5.41, 5.74) is 3.35.